The van der Waals surface area contributed by atoms with Crippen LogP contribution >= 0.6 is 0 Å². The van der Waals surface area contributed by atoms with E-state index in [0.717, 1.165) is 34.7 Å². The van der Waals surface area contributed by atoms with Crippen molar-refractivity contribution in [1.29, 1.82) is 0 Å². The first-order valence-corrected chi connectivity index (χ1v) is 5.65. The fourth-order valence-electron chi connectivity index (χ4n) is 1.87. The highest BCUT2D eigenvalue weighted by Gasteiger charge is 2.10. The summed E-state index contributed by atoms with van der Waals surface area (Å²) in [4.78, 5) is 13.7. The van der Waals surface area contributed by atoms with Crippen LogP contribution in [0.1, 0.15) is 35.1 Å². The van der Waals surface area contributed by atoms with E-state index in [1.807, 2.05) is 13.8 Å². The first kappa shape index (κ1) is 11.0. The molecule has 0 saturated heterocycles. The molecule has 2 rings (SSSR count). The summed E-state index contributed by atoms with van der Waals surface area (Å²) in [6, 6.07) is 0. The molecule has 0 fully saturated rings. The van der Waals surface area contributed by atoms with Gasteiger partial charge in [0.2, 0.25) is 0 Å². The molecule has 0 aliphatic heterocycles. The Hall–Kier alpha value is -1.51. The van der Waals surface area contributed by atoms with Gasteiger partial charge in [-0.3, -0.25) is 0 Å². The van der Waals surface area contributed by atoms with Gasteiger partial charge in [0.25, 0.3) is 0 Å². The second-order valence-electron chi connectivity index (χ2n) is 4.23. The van der Waals surface area contributed by atoms with Gasteiger partial charge in [0, 0.05) is 5.69 Å². The van der Waals surface area contributed by atoms with Crippen molar-refractivity contribution in [3.63, 3.8) is 0 Å². The number of hydrogen-bond donors (Lipinski definition) is 0. The quantitative estimate of drug-likeness (QED) is 0.734. The van der Waals surface area contributed by atoms with Crippen molar-refractivity contribution in [2.24, 2.45) is 0 Å². The van der Waals surface area contributed by atoms with Crippen LogP contribution in [0, 0.1) is 27.7 Å². The Morgan fingerprint density at radius 2 is 1.44 bits per heavy atom. The topological polar surface area (TPSA) is 38.7 Å². The number of aromatic nitrogens is 3. The number of aryl methyl sites for hydroxylation is 4. The first-order chi connectivity index (χ1) is 7.54. The van der Waals surface area contributed by atoms with Crippen LogP contribution in [0.4, 0.5) is 0 Å². The van der Waals surface area contributed by atoms with E-state index in [-0.39, 0.29) is 0 Å². The van der Waals surface area contributed by atoms with E-state index in [1.54, 1.807) is 0 Å². The molecule has 0 aliphatic carbocycles. The lowest BCUT2D eigenvalue weighted by atomic mass is 10.1. The summed E-state index contributed by atoms with van der Waals surface area (Å²) in [5, 5.41) is 0. The molecule has 0 saturated carbocycles. The zero-order valence-corrected chi connectivity index (χ0v) is 10.5. The van der Waals surface area contributed by atoms with Gasteiger partial charge in [-0.1, -0.05) is 6.92 Å². The minimum atomic E-state index is 0.781. The molecule has 0 radical (unpaired) electrons. The second kappa shape index (κ2) is 3.81. The van der Waals surface area contributed by atoms with E-state index in [4.69, 9.17) is 0 Å². The van der Waals surface area contributed by atoms with Crippen LogP contribution in [0.5, 0.6) is 0 Å². The highest BCUT2D eigenvalue weighted by Crippen LogP contribution is 2.20. The van der Waals surface area contributed by atoms with E-state index in [1.165, 1.54) is 11.1 Å². The lowest BCUT2D eigenvalue weighted by Crippen LogP contribution is -2.03. The van der Waals surface area contributed by atoms with Gasteiger partial charge < -0.3 is 0 Å². The molecule has 2 aromatic heterocycles. The predicted octanol–water partition coefficient (Wildman–Crippen LogP) is 2.82. The molecule has 0 N–H and O–H groups in total. The van der Waals surface area contributed by atoms with Gasteiger partial charge in [-0.2, -0.15) is 0 Å². The number of pyridine rings is 1. The van der Waals surface area contributed by atoms with Crippen LogP contribution in [0.25, 0.3) is 11.2 Å². The maximum Gasteiger partial charge on any atom is 0.178 e. The molecule has 84 valence electrons. The summed E-state index contributed by atoms with van der Waals surface area (Å²) in [6.07, 6.45) is 0.942. The van der Waals surface area contributed by atoms with E-state index >= 15 is 0 Å². The Kier molecular flexibility index (Phi) is 2.62. The van der Waals surface area contributed by atoms with Gasteiger partial charge >= 0.3 is 0 Å². The number of fused-ring (bicyclic) bond motifs is 1. The SMILES string of the molecule is CCc1nc2nc(C)c(C)nc2c(C)c1C. The van der Waals surface area contributed by atoms with Crippen molar-refractivity contribution in [2.45, 2.75) is 41.0 Å². The molecule has 2 aromatic rings. The van der Waals surface area contributed by atoms with Crippen LogP contribution in [0.3, 0.4) is 0 Å². The Labute approximate surface area is 96.0 Å². The molecule has 0 spiro atoms. The van der Waals surface area contributed by atoms with Gasteiger partial charge in [0.1, 0.15) is 5.52 Å². The summed E-state index contributed by atoms with van der Waals surface area (Å²) in [6.45, 7) is 10.3. The number of rotatable bonds is 1. The van der Waals surface area contributed by atoms with Gasteiger partial charge in [-0.05, 0) is 45.2 Å². The predicted molar refractivity (Wildman–Crippen MR) is 65.7 cm³/mol. The van der Waals surface area contributed by atoms with E-state index in [2.05, 4.69) is 35.7 Å². The van der Waals surface area contributed by atoms with Crippen LogP contribution < -0.4 is 0 Å². The van der Waals surface area contributed by atoms with Crippen molar-refractivity contribution in [3.8, 4) is 0 Å². The minimum Gasteiger partial charge on any atom is -0.248 e. The zero-order chi connectivity index (χ0) is 11.9. The molecule has 3 nitrogen and oxygen atoms in total. The van der Waals surface area contributed by atoms with E-state index < -0.39 is 0 Å². The molecular weight excluding hydrogens is 198 g/mol. The minimum absolute atomic E-state index is 0.781. The Balaban J connectivity index is 2.87. The molecule has 16 heavy (non-hydrogen) atoms. The Morgan fingerprint density at radius 3 is 2.06 bits per heavy atom. The van der Waals surface area contributed by atoms with Gasteiger partial charge in [-0.15, -0.1) is 0 Å². The summed E-state index contributed by atoms with van der Waals surface area (Å²) in [5.41, 5.74) is 7.25. The highest BCUT2D eigenvalue weighted by molar-refractivity contribution is 5.76. The average molecular weight is 215 g/mol. The molecule has 0 atom stereocenters. The summed E-state index contributed by atoms with van der Waals surface area (Å²) in [7, 11) is 0. The summed E-state index contributed by atoms with van der Waals surface area (Å²) in [5.74, 6) is 0. The zero-order valence-electron chi connectivity index (χ0n) is 10.5. The third-order valence-electron chi connectivity index (χ3n) is 3.21. The molecular formula is C13H17N3. The van der Waals surface area contributed by atoms with Crippen LogP contribution in [0.15, 0.2) is 0 Å². The van der Waals surface area contributed by atoms with Gasteiger partial charge in [0.05, 0.1) is 11.4 Å². The number of hydrogen-bond acceptors (Lipinski definition) is 3. The third kappa shape index (κ3) is 1.56. The largest absolute Gasteiger partial charge is 0.248 e. The maximum absolute atomic E-state index is 4.59. The van der Waals surface area contributed by atoms with Crippen molar-refractivity contribution in [2.75, 3.05) is 0 Å². The van der Waals surface area contributed by atoms with Gasteiger partial charge in [-0.25, -0.2) is 15.0 Å². The monoisotopic (exact) mass is 215 g/mol. The normalized spacial score (nSPS) is 11.1. The van der Waals surface area contributed by atoms with Crippen molar-refractivity contribution >= 4 is 11.2 Å². The van der Waals surface area contributed by atoms with E-state index in [0.29, 0.717) is 0 Å². The molecule has 0 aromatic carbocycles. The lowest BCUT2D eigenvalue weighted by Gasteiger charge is -2.10. The molecule has 0 aliphatic rings. The lowest BCUT2D eigenvalue weighted by molar-refractivity contribution is 0.986. The number of nitrogens with zero attached hydrogens (tertiary/aromatic N) is 3. The first-order valence-electron chi connectivity index (χ1n) is 5.65. The molecule has 2 heterocycles. The highest BCUT2D eigenvalue weighted by atomic mass is 14.9. The molecule has 3 heteroatoms. The van der Waals surface area contributed by atoms with Crippen molar-refractivity contribution in [1.82, 2.24) is 15.0 Å². The van der Waals surface area contributed by atoms with E-state index in [9.17, 15) is 0 Å². The van der Waals surface area contributed by atoms with Gasteiger partial charge in [0.15, 0.2) is 5.65 Å². The Morgan fingerprint density at radius 1 is 0.812 bits per heavy atom. The van der Waals surface area contributed by atoms with Crippen LogP contribution in [0.2, 0.25) is 0 Å². The molecule has 0 bridgehead atoms. The average Bonchev–Trinajstić information content (AvgIpc) is 2.26. The maximum atomic E-state index is 4.59. The van der Waals surface area contributed by atoms with Crippen LogP contribution in [-0.4, -0.2) is 15.0 Å². The molecule has 0 amide bonds. The van der Waals surface area contributed by atoms with Crippen molar-refractivity contribution in [3.05, 3.63) is 28.2 Å². The van der Waals surface area contributed by atoms with Crippen molar-refractivity contribution < 1.29 is 0 Å². The fraction of sp³-hybridized carbons (Fsp3) is 0.462. The molecule has 0 unspecified atom stereocenters. The third-order valence-corrected chi connectivity index (χ3v) is 3.21. The second-order valence-corrected chi connectivity index (χ2v) is 4.23. The standard InChI is InChI=1S/C13H17N3/c1-6-11-7(2)8(3)12-13(16-11)15-10(5)9(4)14-12/h6H2,1-5H3. The summed E-state index contributed by atoms with van der Waals surface area (Å²) >= 11 is 0. The fourth-order valence-corrected chi connectivity index (χ4v) is 1.87. The smallest absolute Gasteiger partial charge is 0.178 e. The Bertz CT molecular complexity index is 559. The van der Waals surface area contributed by atoms with Crippen LogP contribution in [-0.2, 0) is 6.42 Å². The summed E-state index contributed by atoms with van der Waals surface area (Å²) < 4.78 is 0.